The number of nitrogens with zero attached hydrogens (tertiary/aromatic N) is 2. The Kier molecular flexibility index (Phi) is 4.37. The van der Waals surface area contributed by atoms with Crippen molar-refractivity contribution >= 4 is 5.69 Å². The van der Waals surface area contributed by atoms with Crippen LogP contribution >= 0.6 is 0 Å². The van der Waals surface area contributed by atoms with Gasteiger partial charge in [0.15, 0.2) is 0 Å². The fourth-order valence-corrected chi connectivity index (χ4v) is 1.59. The largest absolute Gasteiger partial charge is 0.316 e. The Labute approximate surface area is 95.0 Å². The molecule has 0 saturated carbocycles. The highest BCUT2D eigenvalue weighted by atomic mass is 16.6. The van der Waals surface area contributed by atoms with Crippen molar-refractivity contribution in [1.29, 1.82) is 0 Å². The average Bonchev–Trinajstić information content (AvgIpc) is 2.25. The summed E-state index contributed by atoms with van der Waals surface area (Å²) in [7, 11) is 1.89. The van der Waals surface area contributed by atoms with Gasteiger partial charge in [-0.05, 0) is 13.0 Å². The molecule has 0 radical (unpaired) electrons. The Bertz CT molecular complexity index is 366. The highest BCUT2D eigenvalue weighted by Crippen LogP contribution is 2.14. The summed E-state index contributed by atoms with van der Waals surface area (Å²) >= 11 is 0. The number of hydrogen-bond donors (Lipinski definition) is 1. The van der Waals surface area contributed by atoms with Crippen LogP contribution < -0.4 is 5.32 Å². The molecule has 0 aromatic carbocycles. The van der Waals surface area contributed by atoms with Crippen molar-refractivity contribution in [2.75, 3.05) is 7.05 Å². The van der Waals surface area contributed by atoms with Crippen molar-refractivity contribution in [3.8, 4) is 0 Å². The van der Waals surface area contributed by atoms with E-state index in [0.717, 1.165) is 5.69 Å². The molecule has 0 bridgehead atoms. The molecule has 0 spiro atoms. The zero-order valence-corrected chi connectivity index (χ0v) is 9.80. The molecule has 0 aliphatic rings. The molecule has 0 aliphatic carbocycles. The Balaban J connectivity index is 2.80. The number of aromatic nitrogens is 1. The van der Waals surface area contributed by atoms with Crippen LogP contribution in [0.1, 0.15) is 19.5 Å². The summed E-state index contributed by atoms with van der Waals surface area (Å²) in [5.74, 6) is 0.464. The molecule has 0 fully saturated rings. The van der Waals surface area contributed by atoms with E-state index in [1.807, 2.05) is 7.05 Å². The third kappa shape index (κ3) is 3.27. The fraction of sp³-hybridized carbons (Fsp3) is 0.545. The lowest BCUT2D eigenvalue weighted by molar-refractivity contribution is -0.385. The van der Waals surface area contributed by atoms with Crippen LogP contribution in [0.2, 0.25) is 0 Å². The molecule has 1 atom stereocenters. The molecular formula is C11H17N3O2. The van der Waals surface area contributed by atoms with Gasteiger partial charge in [-0.2, -0.15) is 0 Å². The molecule has 0 amide bonds. The van der Waals surface area contributed by atoms with E-state index in [0.29, 0.717) is 12.3 Å². The van der Waals surface area contributed by atoms with Crippen LogP contribution in [0.15, 0.2) is 18.3 Å². The van der Waals surface area contributed by atoms with Crippen LogP contribution in [0, 0.1) is 16.0 Å². The molecule has 1 rings (SSSR count). The second kappa shape index (κ2) is 5.55. The second-order valence-corrected chi connectivity index (χ2v) is 4.11. The van der Waals surface area contributed by atoms with E-state index in [-0.39, 0.29) is 11.7 Å². The minimum Gasteiger partial charge on any atom is -0.316 e. The summed E-state index contributed by atoms with van der Waals surface area (Å²) < 4.78 is 0. The fourth-order valence-electron chi connectivity index (χ4n) is 1.59. The van der Waals surface area contributed by atoms with Gasteiger partial charge in [0, 0.05) is 36.5 Å². The molecule has 1 N–H and O–H groups in total. The van der Waals surface area contributed by atoms with Crippen molar-refractivity contribution in [1.82, 2.24) is 10.3 Å². The maximum Gasteiger partial charge on any atom is 0.272 e. The minimum absolute atomic E-state index is 0.101. The number of likely N-dealkylation sites (N-methyl/N-ethyl adjacent to an activating group) is 1. The first-order chi connectivity index (χ1) is 7.54. The maximum absolute atomic E-state index is 10.6. The minimum atomic E-state index is -0.394. The van der Waals surface area contributed by atoms with Crippen molar-refractivity contribution in [3.63, 3.8) is 0 Å². The second-order valence-electron chi connectivity index (χ2n) is 4.11. The van der Waals surface area contributed by atoms with Crippen molar-refractivity contribution in [3.05, 3.63) is 34.1 Å². The summed E-state index contributed by atoms with van der Waals surface area (Å²) in [6.45, 7) is 4.22. The van der Waals surface area contributed by atoms with E-state index in [1.54, 1.807) is 0 Å². The van der Waals surface area contributed by atoms with E-state index in [4.69, 9.17) is 0 Å². The molecule has 88 valence electrons. The first-order valence-corrected chi connectivity index (χ1v) is 5.31. The number of rotatable bonds is 5. The van der Waals surface area contributed by atoms with Crippen molar-refractivity contribution in [2.24, 2.45) is 5.92 Å². The molecule has 1 aromatic rings. The summed E-state index contributed by atoms with van der Waals surface area (Å²) in [6, 6.07) is 3.23. The molecule has 0 aliphatic heterocycles. The van der Waals surface area contributed by atoms with Gasteiger partial charge in [0.1, 0.15) is 0 Å². The standard InChI is InChI=1S/C11H17N3O2/c1-8(2)11(12-3)7-9-6-10(14(15)16)4-5-13-9/h4-6,8,11-12H,7H2,1-3H3. The Hall–Kier alpha value is -1.49. The van der Waals surface area contributed by atoms with Gasteiger partial charge in [0.25, 0.3) is 5.69 Å². The first kappa shape index (κ1) is 12.6. The van der Waals surface area contributed by atoms with Crippen LogP contribution in [-0.2, 0) is 6.42 Å². The Morgan fingerprint density at radius 1 is 1.56 bits per heavy atom. The topological polar surface area (TPSA) is 68.1 Å². The summed E-state index contributed by atoms with van der Waals surface area (Å²) in [4.78, 5) is 14.4. The van der Waals surface area contributed by atoms with Crippen molar-refractivity contribution < 1.29 is 4.92 Å². The summed E-state index contributed by atoms with van der Waals surface area (Å²) in [6.07, 6.45) is 2.19. The lowest BCUT2D eigenvalue weighted by atomic mass is 9.99. The van der Waals surface area contributed by atoms with Gasteiger partial charge in [-0.25, -0.2) is 0 Å². The third-order valence-corrected chi connectivity index (χ3v) is 2.62. The number of nitro groups is 1. The average molecular weight is 223 g/mol. The van der Waals surface area contributed by atoms with Crippen LogP contribution in [0.5, 0.6) is 0 Å². The van der Waals surface area contributed by atoms with Gasteiger partial charge in [0.2, 0.25) is 0 Å². The highest BCUT2D eigenvalue weighted by molar-refractivity contribution is 5.29. The number of pyridine rings is 1. The van der Waals surface area contributed by atoms with E-state index >= 15 is 0 Å². The molecule has 1 aromatic heterocycles. The zero-order valence-electron chi connectivity index (χ0n) is 9.80. The molecule has 0 saturated heterocycles. The summed E-state index contributed by atoms with van der Waals surface area (Å²) in [5, 5.41) is 13.8. The molecular weight excluding hydrogens is 206 g/mol. The van der Waals surface area contributed by atoms with E-state index in [1.165, 1.54) is 18.3 Å². The highest BCUT2D eigenvalue weighted by Gasteiger charge is 2.14. The predicted octanol–water partition coefficient (Wildman–Crippen LogP) is 1.78. The smallest absolute Gasteiger partial charge is 0.272 e. The first-order valence-electron chi connectivity index (χ1n) is 5.31. The van der Waals surface area contributed by atoms with Crippen LogP contribution in [0.4, 0.5) is 5.69 Å². The van der Waals surface area contributed by atoms with E-state index < -0.39 is 4.92 Å². The number of hydrogen-bond acceptors (Lipinski definition) is 4. The van der Waals surface area contributed by atoms with Crippen LogP contribution in [0.3, 0.4) is 0 Å². The lowest BCUT2D eigenvalue weighted by Crippen LogP contribution is -2.33. The predicted molar refractivity (Wildman–Crippen MR) is 62.3 cm³/mol. The molecule has 1 unspecified atom stereocenters. The Morgan fingerprint density at radius 3 is 2.75 bits per heavy atom. The molecule has 16 heavy (non-hydrogen) atoms. The van der Waals surface area contributed by atoms with Gasteiger partial charge in [0.05, 0.1) is 4.92 Å². The zero-order chi connectivity index (χ0) is 12.1. The van der Waals surface area contributed by atoms with Crippen molar-refractivity contribution in [2.45, 2.75) is 26.3 Å². The normalized spacial score (nSPS) is 12.8. The molecule has 5 heteroatoms. The van der Waals surface area contributed by atoms with Gasteiger partial charge < -0.3 is 5.32 Å². The number of nitrogens with one attached hydrogen (secondary N) is 1. The van der Waals surface area contributed by atoms with Gasteiger partial charge in [-0.15, -0.1) is 0 Å². The van der Waals surface area contributed by atoms with E-state index in [2.05, 4.69) is 24.1 Å². The lowest BCUT2D eigenvalue weighted by Gasteiger charge is -2.19. The monoisotopic (exact) mass is 223 g/mol. The van der Waals surface area contributed by atoms with Gasteiger partial charge >= 0.3 is 0 Å². The molecule has 1 heterocycles. The van der Waals surface area contributed by atoms with E-state index in [9.17, 15) is 10.1 Å². The quantitative estimate of drug-likeness (QED) is 0.610. The SMILES string of the molecule is CNC(Cc1cc([N+](=O)[O-])ccn1)C(C)C. The van der Waals surface area contributed by atoms with Gasteiger partial charge in [-0.3, -0.25) is 15.1 Å². The maximum atomic E-state index is 10.6. The summed E-state index contributed by atoms with van der Waals surface area (Å²) in [5.41, 5.74) is 0.853. The van der Waals surface area contributed by atoms with Crippen LogP contribution in [0.25, 0.3) is 0 Å². The third-order valence-electron chi connectivity index (χ3n) is 2.62. The van der Waals surface area contributed by atoms with Crippen LogP contribution in [-0.4, -0.2) is 23.0 Å². The Morgan fingerprint density at radius 2 is 2.25 bits per heavy atom. The van der Waals surface area contributed by atoms with Gasteiger partial charge in [-0.1, -0.05) is 13.8 Å². The molecule has 5 nitrogen and oxygen atoms in total.